The molecule has 5 heteroatoms. The minimum absolute atomic E-state index is 0.0476. The molecule has 0 spiro atoms. The number of halogens is 3. The average Bonchev–Trinajstić information content (AvgIpc) is 3.00. The molecule has 0 bridgehead atoms. The number of hydrogen-bond donors (Lipinski definition) is 1. The summed E-state index contributed by atoms with van der Waals surface area (Å²) in [5, 5.41) is 11.0. The van der Waals surface area contributed by atoms with E-state index in [9.17, 15) is 9.90 Å². The highest BCUT2D eigenvalue weighted by molar-refractivity contribution is 6.21. The smallest absolute Gasteiger partial charge is 0.417 e. The van der Waals surface area contributed by atoms with Crippen LogP contribution in [0.3, 0.4) is 0 Å². The molecule has 0 heterocycles. The molecule has 0 aliphatic heterocycles. The molecule has 6 aromatic carbocycles. The maximum Gasteiger partial charge on any atom is 0.417 e. The van der Waals surface area contributed by atoms with Crippen LogP contribution in [0.15, 0.2) is 133 Å². The Bertz CT molecular complexity index is 1860. The summed E-state index contributed by atoms with van der Waals surface area (Å²) in [5.74, 6) is -1.43. The average molecular weight is 545 g/mol. The maximum atomic E-state index is 15.4. The SMILES string of the molecule is O=C(O)c1c(-c2ccccc2)c(C(F)(F)F)c(-c2ccccc2)c2c(-c3ccccc3)c(-c3ccccc3)ccc12. The van der Waals surface area contributed by atoms with E-state index >= 15 is 13.2 Å². The lowest BCUT2D eigenvalue weighted by molar-refractivity contribution is -0.136. The minimum Gasteiger partial charge on any atom is -0.478 e. The van der Waals surface area contributed by atoms with E-state index in [0.29, 0.717) is 22.3 Å². The molecule has 0 amide bonds. The fraction of sp³-hybridized carbons (Fsp3) is 0.0278. The molecule has 0 saturated heterocycles. The Kier molecular flexibility index (Phi) is 6.64. The van der Waals surface area contributed by atoms with E-state index < -0.39 is 17.7 Å². The van der Waals surface area contributed by atoms with E-state index in [2.05, 4.69) is 0 Å². The molecular formula is C36H23F3O2. The largest absolute Gasteiger partial charge is 0.478 e. The molecule has 0 aliphatic rings. The standard InChI is InChI=1S/C36H23F3O2/c37-36(38,39)34-30(25-17-9-3-10-18-25)32-28(33(35(40)41)31(34)26-19-11-4-12-20-26)22-21-27(23-13-5-1-6-14-23)29(32)24-15-7-2-8-16-24/h1-22H,(H,40,41). The number of hydrogen-bond acceptors (Lipinski definition) is 1. The van der Waals surface area contributed by atoms with Gasteiger partial charge in [0.15, 0.2) is 0 Å². The van der Waals surface area contributed by atoms with E-state index in [1.165, 1.54) is 12.1 Å². The van der Waals surface area contributed by atoms with E-state index in [1.807, 2.05) is 66.7 Å². The van der Waals surface area contributed by atoms with Gasteiger partial charge in [0.2, 0.25) is 0 Å². The molecule has 2 nitrogen and oxygen atoms in total. The molecule has 0 fully saturated rings. The van der Waals surface area contributed by atoms with Gasteiger partial charge in [-0.25, -0.2) is 4.79 Å². The molecule has 0 aliphatic carbocycles. The lowest BCUT2D eigenvalue weighted by Gasteiger charge is -2.26. The third-order valence-corrected chi connectivity index (χ3v) is 7.24. The highest BCUT2D eigenvalue weighted by Crippen LogP contribution is 2.52. The lowest BCUT2D eigenvalue weighted by Crippen LogP contribution is -2.15. The van der Waals surface area contributed by atoms with Crippen LogP contribution in [-0.4, -0.2) is 11.1 Å². The summed E-state index contributed by atoms with van der Waals surface area (Å²) in [6, 6.07) is 38.4. The molecule has 0 radical (unpaired) electrons. The topological polar surface area (TPSA) is 37.3 Å². The van der Waals surface area contributed by atoms with E-state index in [1.54, 1.807) is 54.6 Å². The van der Waals surface area contributed by atoms with Crippen molar-refractivity contribution in [1.29, 1.82) is 0 Å². The molecule has 0 aromatic heterocycles. The van der Waals surface area contributed by atoms with Crippen molar-refractivity contribution in [2.45, 2.75) is 6.18 Å². The second-order valence-corrected chi connectivity index (χ2v) is 9.68. The second kappa shape index (κ2) is 10.4. The Hall–Kier alpha value is -5.16. The van der Waals surface area contributed by atoms with Crippen LogP contribution in [0.5, 0.6) is 0 Å². The molecular weight excluding hydrogens is 521 g/mol. The summed E-state index contributed by atoms with van der Waals surface area (Å²) in [7, 11) is 0. The van der Waals surface area contributed by atoms with Gasteiger partial charge in [-0.05, 0) is 44.2 Å². The van der Waals surface area contributed by atoms with Gasteiger partial charge in [-0.1, -0.05) is 133 Å². The number of carboxylic acid groups (broad SMARTS) is 1. The summed E-state index contributed by atoms with van der Waals surface area (Å²) in [4.78, 5) is 13.0. The third kappa shape index (κ3) is 4.66. The number of aromatic carboxylic acids is 1. The number of carboxylic acids is 1. The van der Waals surface area contributed by atoms with Crippen molar-refractivity contribution < 1.29 is 23.1 Å². The van der Waals surface area contributed by atoms with Crippen LogP contribution in [0.2, 0.25) is 0 Å². The summed E-state index contributed by atoms with van der Waals surface area (Å²) in [6.07, 6.45) is -4.87. The zero-order valence-electron chi connectivity index (χ0n) is 21.7. The number of rotatable bonds is 5. The molecule has 0 atom stereocenters. The van der Waals surface area contributed by atoms with Crippen LogP contribution < -0.4 is 0 Å². The Labute approximate surface area is 235 Å². The van der Waals surface area contributed by atoms with Gasteiger partial charge in [0.25, 0.3) is 0 Å². The molecule has 0 saturated carbocycles. The van der Waals surface area contributed by atoms with Crippen LogP contribution in [0, 0.1) is 0 Å². The third-order valence-electron chi connectivity index (χ3n) is 7.24. The Balaban J connectivity index is 1.96. The van der Waals surface area contributed by atoms with Crippen LogP contribution in [-0.2, 0) is 6.18 Å². The monoisotopic (exact) mass is 544 g/mol. The molecule has 41 heavy (non-hydrogen) atoms. The van der Waals surface area contributed by atoms with Crippen molar-refractivity contribution in [2.75, 3.05) is 0 Å². The van der Waals surface area contributed by atoms with Crippen molar-refractivity contribution in [2.24, 2.45) is 0 Å². The number of fused-ring (bicyclic) bond motifs is 1. The van der Waals surface area contributed by atoms with Crippen molar-refractivity contribution >= 4 is 16.7 Å². The van der Waals surface area contributed by atoms with Crippen LogP contribution >= 0.6 is 0 Å². The van der Waals surface area contributed by atoms with Crippen LogP contribution in [0.4, 0.5) is 13.2 Å². The Morgan fingerprint density at radius 3 is 1.37 bits per heavy atom. The highest BCUT2D eigenvalue weighted by atomic mass is 19.4. The first-order valence-electron chi connectivity index (χ1n) is 13.0. The zero-order valence-corrected chi connectivity index (χ0v) is 21.7. The normalized spacial score (nSPS) is 11.5. The van der Waals surface area contributed by atoms with Gasteiger partial charge < -0.3 is 5.11 Å². The highest BCUT2D eigenvalue weighted by Gasteiger charge is 2.41. The summed E-state index contributed by atoms with van der Waals surface area (Å²) in [5.41, 5.74) is 1.54. The van der Waals surface area contributed by atoms with E-state index in [0.717, 1.165) is 5.56 Å². The summed E-state index contributed by atoms with van der Waals surface area (Å²) < 4.78 is 46.2. The van der Waals surface area contributed by atoms with Crippen molar-refractivity contribution in [1.82, 2.24) is 0 Å². The number of alkyl halides is 3. The quantitative estimate of drug-likeness (QED) is 0.234. The second-order valence-electron chi connectivity index (χ2n) is 9.68. The van der Waals surface area contributed by atoms with Gasteiger partial charge in [0, 0.05) is 11.1 Å². The van der Waals surface area contributed by atoms with Crippen molar-refractivity contribution in [3.05, 3.63) is 145 Å². The summed E-state index contributed by atoms with van der Waals surface area (Å²) in [6.45, 7) is 0. The molecule has 6 rings (SSSR count). The van der Waals surface area contributed by atoms with Gasteiger partial charge in [0.1, 0.15) is 0 Å². The Morgan fingerprint density at radius 1 is 0.512 bits per heavy atom. The van der Waals surface area contributed by atoms with Gasteiger partial charge >= 0.3 is 12.1 Å². The van der Waals surface area contributed by atoms with Crippen LogP contribution in [0.1, 0.15) is 15.9 Å². The van der Waals surface area contributed by atoms with Gasteiger partial charge in [-0.15, -0.1) is 0 Å². The van der Waals surface area contributed by atoms with Gasteiger partial charge in [-0.3, -0.25) is 0 Å². The molecule has 0 unspecified atom stereocenters. The minimum atomic E-state index is -4.87. The maximum absolute atomic E-state index is 15.4. The predicted molar refractivity (Wildman–Crippen MR) is 158 cm³/mol. The predicted octanol–water partition coefficient (Wildman–Crippen LogP) is 10.2. The van der Waals surface area contributed by atoms with Gasteiger partial charge in [0.05, 0.1) is 11.1 Å². The van der Waals surface area contributed by atoms with Crippen LogP contribution in [0.25, 0.3) is 55.3 Å². The van der Waals surface area contributed by atoms with Crippen molar-refractivity contribution in [3.8, 4) is 44.5 Å². The van der Waals surface area contributed by atoms with E-state index in [-0.39, 0.29) is 33.0 Å². The molecule has 1 N–H and O–H groups in total. The fourth-order valence-electron chi connectivity index (χ4n) is 5.64. The Morgan fingerprint density at radius 2 is 0.927 bits per heavy atom. The summed E-state index contributed by atoms with van der Waals surface area (Å²) >= 11 is 0. The lowest BCUT2D eigenvalue weighted by atomic mass is 9.78. The number of benzene rings is 6. The first-order valence-corrected chi connectivity index (χ1v) is 13.0. The van der Waals surface area contributed by atoms with E-state index in [4.69, 9.17) is 0 Å². The first-order chi connectivity index (χ1) is 19.9. The first kappa shape index (κ1) is 26.1. The fourth-order valence-corrected chi connectivity index (χ4v) is 5.64. The molecule has 200 valence electrons. The number of carbonyl (C=O) groups is 1. The van der Waals surface area contributed by atoms with Crippen molar-refractivity contribution in [3.63, 3.8) is 0 Å². The zero-order chi connectivity index (χ0) is 28.6. The molecule has 6 aromatic rings. The van der Waals surface area contributed by atoms with Gasteiger partial charge in [-0.2, -0.15) is 13.2 Å².